The number of terminal acetylenes is 1. The van der Waals surface area contributed by atoms with Crippen LogP contribution in [0.3, 0.4) is 0 Å². The van der Waals surface area contributed by atoms with Crippen molar-refractivity contribution in [2.24, 2.45) is 23.2 Å². The quantitative estimate of drug-likeness (QED) is 0.711. The second-order valence-corrected chi connectivity index (χ2v) is 9.40. The maximum atomic E-state index is 13.0. The summed E-state index contributed by atoms with van der Waals surface area (Å²) in [6, 6.07) is 6.98. The summed E-state index contributed by atoms with van der Waals surface area (Å²) in [6.07, 6.45) is 12.1. The molecule has 158 valence electrons. The number of carbonyl (C=O) groups excluding carboxylic acids is 3. The SMILES string of the molecule is C#Cc1cccc(NC(=O)CN(C)C(=O)CNC(=O)C23CC4CC(CC(C4)C2)C3)c1. The molecule has 4 fully saturated rings. The van der Waals surface area contributed by atoms with E-state index in [0.29, 0.717) is 29.0 Å². The van der Waals surface area contributed by atoms with E-state index in [-0.39, 0.29) is 36.2 Å². The molecule has 1 aromatic carbocycles. The van der Waals surface area contributed by atoms with Crippen LogP contribution in [0.5, 0.6) is 0 Å². The molecule has 0 aromatic heterocycles. The summed E-state index contributed by atoms with van der Waals surface area (Å²) in [4.78, 5) is 39.0. The molecule has 2 N–H and O–H groups in total. The number of benzene rings is 1. The van der Waals surface area contributed by atoms with Crippen molar-refractivity contribution in [3.8, 4) is 12.3 Å². The molecule has 0 spiro atoms. The number of nitrogens with zero attached hydrogens (tertiary/aromatic N) is 1. The predicted octanol–water partition coefficient (Wildman–Crippen LogP) is 2.40. The van der Waals surface area contributed by atoms with Crippen LogP contribution in [0.1, 0.15) is 44.1 Å². The van der Waals surface area contributed by atoms with Crippen LogP contribution >= 0.6 is 0 Å². The van der Waals surface area contributed by atoms with Crippen molar-refractivity contribution < 1.29 is 14.4 Å². The normalized spacial score (nSPS) is 28.5. The summed E-state index contributed by atoms with van der Waals surface area (Å²) in [6.45, 7) is -0.163. The first-order chi connectivity index (χ1) is 14.4. The molecule has 0 unspecified atom stereocenters. The molecular weight excluding hydrogens is 378 g/mol. The van der Waals surface area contributed by atoms with E-state index < -0.39 is 0 Å². The lowest BCUT2D eigenvalue weighted by Gasteiger charge is -2.55. The highest BCUT2D eigenvalue weighted by Crippen LogP contribution is 2.60. The zero-order chi connectivity index (χ0) is 21.3. The Morgan fingerprint density at radius 3 is 2.37 bits per heavy atom. The van der Waals surface area contributed by atoms with Gasteiger partial charge in [0.1, 0.15) is 0 Å². The average Bonchev–Trinajstić information content (AvgIpc) is 2.70. The van der Waals surface area contributed by atoms with Crippen molar-refractivity contribution >= 4 is 23.4 Å². The molecule has 0 aliphatic heterocycles. The van der Waals surface area contributed by atoms with Gasteiger partial charge in [-0.1, -0.05) is 12.0 Å². The van der Waals surface area contributed by atoms with E-state index in [1.807, 2.05) is 0 Å². The minimum atomic E-state index is -0.313. The number of carbonyl (C=O) groups is 3. The van der Waals surface area contributed by atoms with Gasteiger partial charge < -0.3 is 15.5 Å². The number of hydrogen-bond donors (Lipinski definition) is 2. The highest BCUT2D eigenvalue weighted by atomic mass is 16.2. The zero-order valence-corrected chi connectivity index (χ0v) is 17.4. The van der Waals surface area contributed by atoms with Crippen LogP contribution in [0, 0.1) is 35.5 Å². The van der Waals surface area contributed by atoms with E-state index in [9.17, 15) is 14.4 Å². The van der Waals surface area contributed by atoms with Crippen LogP contribution in [0.2, 0.25) is 0 Å². The molecule has 30 heavy (non-hydrogen) atoms. The lowest BCUT2D eigenvalue weighted by molar-refractivity contribution is -0.147. The van der Waals surface area contributed by atoms with E-state index in [0.717, 1.165) is 19.3 Å². The standard InChI is InChI=1S/C24H29N3O3/c1-3-16-5-4-6-20(10-16)26-21(28)15-27(2)22(29)14-25-23(30)24-11-17-7-18(12-24)9-19(8-17)13-24/h1,4-6,10,17-19H,7-9,11-15H2,2H3,(H,25,30)(H,26,28). The molecule has 4 saturated carbocycles. The summed E-state index contributed by atoms with van der Waals surface area (Å²) < 4.78 is 0. The third-order valence-electron chi connectivity index (χ3n) is 7.04. The Balaban J connectivity index is 1.26. The third-order valence-corrected chi connectivity index (χ3v) is 7.04. The largest absolute Gasteiger partial charge is 0.347 e. The zero-order valence-electron chi connectivity index (χ0n) is 17.4. The van der Waals surface area contributed by atoms with Gasteiger partial charge in [0.2, 0.25) is 17.7 Å². The molecule has 0 atom stereocenters. The Kier molecular flexibility index (Phi) is 5.55. The van der Waals surface area contributed by atoms with Crippen molar-refractivity contribution in [1.29, 1.82) is 0 Å². The number of likely N-dealkylation sites (N-methyl/N-ethyl adjacent to an activating group) is 1. The monoisotopic (exact) mass is 407 g/mol. The Bertz CT molecular complexity index is 866. The van der Waals surface area contributed by atoms with E-state index in [4.69, 9.17) is 6.42 Å². The molecule has 3 amide bonds. The van der Waals surface area contributed by atoms with Gasteiger partial charge in [-0.15, -0.1) is 6.42 Å². The van der Waals surface area contributed by atoms with Crippen LogP contribution in [-0.2, 0) is 14.4 Å². The Morgan fingerprint density at radius 1 is 1.13 bits per heavy atom. The van der Waals surface area contributed by atoms with Gasteiger partial charge in [0.05, 0.1) is 13.1 Å². The fourth-order valence-electron chi connectivity index (χ4n) is 6.06. The highest BCUT2D eigenvalue weighted by molar-refractivity contribution is 5.95. The van der Waals surface area contributed by atoms with E-state index in [2.05, 4.69) is 16.6 Å². The smallest absolute Gasteiger partial charge is 0.243 e. The number of nitrogens with one attached hydrogen (secondary N) is 2. The summed E-state index contributed by atoms with van der Waals surface area (Å²) in [5.41, 5.74) is 0.989. The molecule has 6 heteroatoms. The average molecular weight is 408 g/mol. The predicted molar refractivity (Wildman–Crippen MR) is 114 cm³/mol. The summed E-state index contributed by atoms with van der Waals surface area (Å²) in [5.74, 6) is 3.99. The number of amides is 3. The van der Waals surface area contributed by atoms with Crippen LogP contribution < -0.4 is 10.6 Å². The molecule has 4 aliphatic carbocycles. The Hall–Kier alpha value is -2.81. The summed E-state index contributed by atoms with van der Waals surface area (Å²) >= 11 is 0. The van der Waals surface area contributed by atoms with Gasteiger partial charge in [-0.3, -0.25) is 14.4 Å². The van der Waals surface area contributed by atoms with E-state index in [1.165, 1.54) is 24.2 Å². The molecule has 1 aromatic rings. The molecule has 6 nitrogen and oxygen atoms in total. The van der Waals surface area contributed by atoms with Crippen molar-refractivity contribution in [3.63, 3.8) is 0 Å². The second kappa shape index (κ2) is 8.14. The molecule has 0 saturated heterocycles. The third kappa shape index (κ3) is 4.21. The number of hydrogen-bond acceptors (Lipinski definition) is 3. The van der Waals surface area contributed by atoms with Gasteiger partial charge in [0.15, 0.2) is 0 Å². The minimum absolute atomic E-state index is 0.0268. The van der Waals surface area contributed by atoms with Gasteiger partial charge >= 0.3 is 0 Å². The van der Waals surface area contributed by atoms with Crippen molar-refractivity contribution in [2.45, 2.75) is 38.5 Å². The molecule has 5 rings (SSSR count). The van der Waals surface area contributed by atoms with Gasteiger partial charge in [0, 0.05) is 23.7 Å². The van der Waals surface area contributed by atoms with Crippen LogP contribution in [-0.4, -0.2) is 42.8 Å². The van der Waals surface area contributed by atoms with Crippen molar-refractivity contribution in [3.05, 3.63) is 29.8 Å². The Labute approximate surface area is 177 Å². The topological polar surface area (TPSA) is 78.5 Å². The second-order valence-electron chi connectivity index (χ2n) is 9.40. The van der Waals surface area contributed by atoms with Crippen molar-refractivity contribution in [1.82, 2.24) is 10.2 Å². The van der Waals surface area contributed by atoms with Gasteiger partial charge in [0.25, 0.3) is 0 Å². The Morgan fingerprint density at radius 2 is 1.77 bits per heavy atom. The van der Waals surface area contributed by atoms with E-state index >= 15 is 0 Å². The highest BCUT2D eigenvalue weighted by Gasteiger charge is 2.54. The molecular formula is C24H29N3O3. The maximum absolute atomic E-state index is 13.0. The number of rotatable bonds is 6. The molecule has 4 bridgehead atoms. The first kappa shape index (κ1) is 20.5. The maximum Gasteiger partial charge on any atom is 0.243 e. The lowest BCUT2D eigenvalue weighted by Crippen LogP contribution is -2.54. The van der Waals surface area contributed by atoms with Crippen LogP contribution in [0.15, 0.2) is 24.3 Å². The molecule has 0 radical (unpaired) electrons. The first-order valence-corrected chi connectivity index (χ1v) is 10.8. The van der Waals surface area contributed by atoms with Gasteiger partial charge in [-0.2, -0.15) is 0 Å². The minimum Gasteiger partial charge on any atom is -0.347 e. The first-order valence-electron chi connectivity index (χ1n) is 10.8. The molecule has 0 heterocycles. The fourth-order valence-corrected chi connectivity index (χ4v) is 6.06. The number of anilines is 1. The fraction of sp³-hybridized carbons (Fsp3) is 0.542. The van der Waals surface area contributed by atoms with Crippen LogP contribution in [0.4, 0.5) is 5.69 Å². The van der Waals surface area contributed by atoms with E-state index in [1.54, 1.807) is 31.3 Å². The lowest BCUT2D eigenvalue weighted by atomic mass is 9.49. The summed E-state index contributed by atoms with van der Waals surface area (Å²) in [7, 11) is 1.57. The summed E-state index contributed by atoms with van der Waals surface area (Å²) in [5, 5.41) is 5.61. The van der Waals surface area contributed by atoms with Gasteiger partial charge in [-0.25, -0.2) is 0 Å². The molecule has 4 aliphatic rings. The van der Waals surface area contributed by atoms with Crippen molar-refractivity contribution in [2.75, 3.05) is 25.5 Å². The van der Waals surface area contributed by atoms with Crippen LogP contribution in [0.25, 0.3) is 0 Å². The van der Waals surface area contributed by atoms with Gasteiger partial charge in [-0.05, 0) is 74.5 Å².